The molecule has 2 aliphatic carbocycles. The smallest absolute Gasteiger partial charge is 0.0726 e. The monoisotopic (exact) mass is 1010 g/mol. The maximum atomic E-state index is 2.57. The number of hydrogen-bond acceptors (Lipinski definition) is 1. The van der Waals surface area contributed by atoms with Gasteiger partial charge in [-0.1, -0.05) is 273 Å². The molecule has 80 heavy (non-hydrogen) atoms. The molecule has 0 bridgehead atoms. The molecule has 14 aromatic carbocycles. The summed E-state index contributed by atoms with van der Waals surface area (Å²) >= 11 is 0. The van der Waals surface area contributed by atoms with E-state index >= 15 is 0 Å². The highest BCUT2D eigenvalue weighted by atomic mass is 15.1. The van der Waals surface area contributed by atoms with Crippen LogP contribution in [0, 0.1) is 0 Å². The van der Waals surface area contributed by atoms with Crippen molar-refractivity contribution in [1.29, 1.82) is 0 Å². The van der Waals surface area contributed by atoms with Gasteiger partial charge in [0.15, 0.2) is 0 Å². The zero-order valence-electron chi connectivity index (χ0n) is 43.9. The van der Waals surface area contributed by atoms with Crippen molar-refractivity contribution in [2.45, 2.75) is 5.41 Å². The van der Waals surface area contributed by atoms with Crippen LogP contribution in [0.1, 0.15) is 22.3 Å². The second-order valence-corrected chi connectivity index (χ2v) is 21.4. The van der Waals surface area contributed by atoms with E-state index in [9.17, 15) is 0 Å². The fourth-order valence-electron chi connectivity index (χ4n) is 13.7. The van der Waals surface area contributed by atoms with Crippen LogP contribution in [0.4, 0.5) is 17.1 Å². The third kappa shape index (κ3) is 7.04. The Bertz CT molecular complexity index is 4690. The number of fused-ring (bicyclic) bond motifs is 14. The van der Waals surface area contributed by atoms with E-state index in [0.717, 1.165) is 28.2 Å². The molecular weight excluding hydrogens is 963 g/mol. The van der Waals surface area contributed by atoms with Crippen LogP contribution < -0.4 is 4.90 Å². The standard InChI is InChI=1S/C79H51N/c1-2-20-55(21-3-1)63-25-6-7-26-64(63)56-40-37-53(38-41-56)54-43-45-61(46-44-54)80(62-47-48-70-69-31-14-17-36-75(69)79(76(70)51-62)73-34-15-12-29-67(73)68-30-13-16-35-74(68)79)78-72-33-11-9-28-66(72)65-27-8-10-32-71(65)77(78)60-24-18-23-58(50-60)59-42-39-52-19-4-5-22-57(52)49-59/h1-51H. The molecule has 0 aliphatic heterocycles. The summed E-state index contributed by atoms with van der Waals surface area (Å²) in [6, 6.07) is 115. The van der Waals surface area contributed by atoms with Crippen LogP contribution >= 0.6 is 0 Å². The molecule has 16 rings (SSSR count). The van der Waals surface area contributed by atoms with Gasteiger partial charge in [0.05, 0.1) is 11.1 Å². The largest absolute Gasteiger partial charge is 0.309 e. The summed E-state index contributed by atoms with van der Waals surface area (Å²) in [5.74, 6) is 0. The van der Waals surface area contributed by atoms with Gasteiger partial charge in [-0.3, -0.25) is 0 Å². The molecule has 2 aliphatic rings. The lowest BCUT2D eigenvalue weighted by Crippen LogP contribution is -2.26. The lowest BCUT2D eigenvalue weighted by Gasteiger charge is -2.33. The molecule has 1 nitrogen and oxygen atoms in total. The summed E-state index contributed by atoms with van der Waals surface area (Å²) in [6.45, 7) is 0. The minimum absolute atomic E-state index is 0.513. The van der Waals surface area contributed by atoms with Crippen molar-refractivity contribution < 1.29 is 0 Å². The molecule has 0 heterocycles. The SMILES string of the molecule is c1ccc(-c2ccccc2-c2ccc(-c3ccc(N(c4ccc5c(c4)C4(c6ccccc6-c6ccccc64)c4ccccc4-5)c4c(-c5cccc(-c6ccc7ccccc7c6)c5)c5ccccc5c5ccccc45)cc3)cc2)cc1. The summed E-state index contributed by atoms with van der Waals surface area (Å²) in [6.07, 6.45) is 0. The van der Waals surface area contributed by atoms with Crippen molar-refractivity contribution in [1.82, 2.24) is 0 Å². The second kappa shape index (κ2) is 18.4. The van der Waals surface area contributed by atoms with Gasteiger partial charge in [0, 0.05) is 22.3 Å². The Morgan fingerprint density at radius 3 is 1.29 bits per heavy atom. The van der Waals surface area contributed by atoms with Gasteiger partial charge in [0.2, 0.25) is 0 Å². The first kappa shape index (κ1) is 45.8. The van der Waals surface area contributed by atoms with Crippen LogP contribution in [0.2, 0.25) is 0 Å². The van der Waals surface area contributed by atoms with E-state index in [0.29, 0.717) is 0 Å². The Labute approximate surface area is 466 Å². The molecule has 0 radical (unpaired) electrons. The number of hydrogen-bond donors (Lipinski definition) is 0. The van der Waals surface area contributed by atoms with E-state index in [1.807, 2.05) is 0 Å². The average molecular weight is 1010 g/mol. The Hall–Kier alpha value is -10.3. The molecule has 0 fully saturated rings. The first-order valence-electron chi connectivity index (χ1n) is 27.8. The molecule has 0 aromatic heterocycles. The van der Waals surface area contributed by atoms with E-state index in [-0.39, 0.29) is 0 Å². The van der Waals surface area contributed by atoms with Gasteiger partial charge in [0.25, 0.3) is 0 Å². The minimum Gasteiger partial charge on any atom is -0.309 e. The molecular formula is C79H51N. The molecule has 0 N–H and O–H groups in total. The van der Waals surface area contributed by atoms with Gasteiger partial charge in [-0.25, -0.2) is 0 Å². The van der Waals surface area contributed by atoms with E-state index in [1.165, 1.54) is 121 Å². The van der Waals surface area contributed by atoms with Crippen LogP contribution in [0.3, 0.4) is 0 Å². The third-order valence-electron chi connectivity index (χ3n) is 17.3. The second-order valence-electron chi connectivity index (χ2n) is 21.4. The van der Waals surface area contributed by atoms with Crippen molar-refractivity contribution in [2.75, 3.05) is 4.90 Å². The van der Waals surface area contributed by atoms with Crippen LogP contribution in [-0.4, -0.2) is 0 Å². The summed E-state index contributed by atoms with van der Waals surface area (Å²) in [5.41, 5.74) is 25.2. The van der Waals surface area contributed by atoms with Gasteiger partial charge in [-0.05, 0) is 158 Å². The molecule has 0 unspecified atom stereocenters. The molecule has 14 aromatic rings. The Morgan fingerprint density at radius 1 is 0.212 bits per heavy atom. The summed E-state index contributed by atoms with van der Waals surface area (Å²) in [5, 5.41) is 7.30. The maximum Gasteiger partial charge on any atom is 0.0726 e. The summed E-state index contributed by atoms with van der Waals surface area (Å²) < 4.78 is 0. The molecule has 372 valence electrons. The third-order valence-corrected chi connectivity index (χ3v) is 17.3. The Kier molecular flexibility index (Phi) is 10.5. The van der Waals surface area contributed by atoms with Crippen LogP contribution in [0.15, 0.2) is 309 Å². The highest BCUT2D eigenvalue weighted by Gasteiger charge is 2.51. The van der Waals surface area contributed by atoms with E-state index in [1.54, 1.807) is 0 Å². The van der Waals surface area contributed by atoms with Crippen molar-refractivity contribution in [2.24, 2.45) is 0 Å². The zero-order chi connectivity index (χ0) is 52.7. The molecule has 0 amide bonds. The van der Waals surface area contributed by atoms with Gasteiger partial charge in [-0.15, -0.1) is 0 Å². The quantitative estimate of drug-likeness (QED) is 0.137. The van der Waals surface area contributed by atoms with Crippen molar-refractivity contribution >= 4 is 49.4 Å². The average Bonchev–Trinajstić information content (AvgIpc) is 2.93. The van der Waals surface area contributed by atoms with Gasteiger partial charge in [-0.2, -0.15) is 0 Å². The number of nitrogens with zero attached hydrogens (tertiary/aromatic N) is 1. The minimum atomic E-state index is -0.513. The molecule has 1 spiro atoms. The fourth-order valence-corrected chi connectivity index (χ4v) is 13.7. The van der Waals surface area contributed by atoms with Crippen LogP contribution in [0.5, 0.6) is 0 Å². The van der Waals surface area contributed by atoms with E-state index in [2.05, 4.69) is 314 Å². The molecule has 0 saturated heterocycles. The van der Waals surface area contributed by atoms with Crippen LogP contribution in [-0.2, 0) is 5.41 Å². The summed E-state index contributed by atoms with van der Waals surface area (Å²) in [7, 11) is 0. The van der Waals surface area contributed by atoms with E-state index < -0.39 is 5.41 Å². The number of rotatable bonds is 8. The first-order chi connectivity index (χ1) is 39.7. The zero-order valence-corrected chi connectivity index (χ0v) is 43.9. The first-order valence-corrected chi connectivity index (χ1v) is 27.8. The number of benzene rings is 14. The van der Waals surface area contributed by atoms with Crippen molar-refractivity contribution in [3.05, 3.63) is 332 Å². The topological polar surface area (TPSA) is 3.24 Å². The van der Waals surface area contributed by atoms with Crippen molar-refractivity contribution in [3.63, 3.8) is 0 Å². The van der Waals surface area contributed by atoms with Crippen molar-refractivity contribution in [3.8, 4) is 77.9 Å². The normalized spacial score (nSPS) is 12.6. The lowest BCUT2D eigenvalue weighted by molar-refractivity contribution is 0.793. The van der Waals surface area contributed by atoms with Gasteiger partial charge >= 0.3 is 0 Å². The lowest BCUT2D eigenvalue weighted by atomic mass is 9.70. The molecule has 1 heteroatoms. The van der Waals surface area contributed by atoms with Gasteiger partial charge in [0.1, 0.15) is 0 Å². The maximum absolute atomic E-state index is 2.57. The Balaban J connectivity index is 0.928. The molecule has 0 saturated carbocycles. The highest BCUT2D eigenvalue weighted by molar-refractivity contribution is 6.22. The highest BCUT2D eigenvalue weighted by Crippen LogP contribution is 2.64. The predicted octanol–water partition coefficient (Wildman–Crippen LogP) is 21.3. The van der Waals surface area contributed by atoms with Gasteiger partial charge < -0.3 is 4.90 Å². The van der Waals surface area contributed by atoms with Crippen LogP contribution in [0.25, 0.3) is 110 Å². The fraction of sp³-hybridized carbons (Fsp3) is 0.0127. The Morgan fingerprint density at radius 2 is 0.637 bits per heavy atom. The number of anilines is 3. The summed E-state index contributed by atoms with van der Waals surface area (Å²) in [4.78, 5) is 2.57. The molecule has 0 atom stereocenters. The predicted molar refractivity (Wildman–Crippen MR) is 337 cm³/mol. The van der Waals surface area contributed by atoms with E-state index in [4.69, 9.17) is 0 Å².